The SMILES string of the molecule is CC[C@@H](C(=O)NC(C)(C)C)N(Cc1ccc(C)cc1)C(=O)CCCN(c1cccc(Cl)c1)S(C)(=O)=O. The summed E-state index contributed by atoms with van der Waals surface area (Å²) >= 11 is 6.06. The quantitative estimate of drug-likeness (QED) is 0.442. The molecule has 0 aromatic heterocycles. The number of halogens is 1. The van der Waals surface area contributed by atoms with E-state index in [-0.39, 0.29) is 24.8 Å². The van der Waals surface area contributed by atoms with Crippen molar-refractivity contribution in [2.24, 2.45) is 0 Å². The smallest absolute Gasteiger partial charge is 0.243 e. The number of nitrogens with one attached hydrogen (secondary N) is 1. The molecule has 0 saturated heterocycles. The summed E-state index contributed by atoms with van der Waals surface area (Å²) in [4.78, 5) is 28.2. The highest BCUT2D eigenvalue weighted by Crippen LogP contribution is 2.23. The van der Waals surface area contributed by atoms with E-state index in [0.29, 0.717) is 30.1 Å². The second-order valence-electron chi connectivity index (χ2n) is 10.1. The number of hydrogen-bond donors (Lipinski definition) is 1. The minimum absolute atomic E-state index is 0.0950. The average molecular weight is 536 g/mol. The van der Waals surface area contributed by atoms with E-state index >= 15 is 0 Å². The van der Waals surface area contributed by atoms with Crippen LogP contribution in [0.25, 0.3) is 0 Å². The first-order chi connectivity index (χ1) is 16.7. The molecule has 0 aliphatic carbocycles. The molecule has 198 valence electrons. The van der Waals surface area contributed by atoms with Crippen LogP contribution in [0, 0.1) is 6.92 Å². The number of sulfonamides is 1. The lowest BCUT2D eigenvalue weighted by molar-refractivity contribution is -0.142. The van der Waals surface area contributed by atoms with Gasteiger partial charge in [-0.2, -0.15) is 0 Å². The minimum Gasteiger partial charge on any atom is -0.350 e. The molecule has 0 heterocycles. The van der Waals surface area contributed by atoms with Crippen LogP contribution >= 0.6 is 11.6 Å². The third-order valence-corrected chi connectivity index (χ3v) is 7.04. The maximum absolute atomic E-state index is 13.5. The summed E-state index contributed by atoms with van der Waals surface area (Å²) < 4.78 is 26.1. The van der Waals surface area contributed by atoms with Crippen LogP contribution in [-0.2, 0) is 26.2 Å². The third-order valence-electron chi connectivity index (χ3n) is 5.61. The summed E-state index contributed by atoms with van der Waals surface area (Å²) in [5.74, 6) is -0.409. The van der Waals surface area contributed by atoms with Crippen molar-refractivity contribution < 1.29 is 18.0 Å². The standard InChI is InChI=1S/C27H38ClN3O4S/c1-7-24(26(33)29-27(3,4)5)30(19-21-15-13-20(2)14-16-21)25(32)12-9-17-31(36(6,34)35)23-11-8-10-22(28)18-23/h8,10-11,13-16,18,24H,7,9,12,17,19H2,1-6H3,(H,29,33)/t24-/m0/s1. The van der Waals surface area contributed by atoms with E-state index < -0.39 is 21.6 Å². The number of anilines is 1. The molecule has 2 rings (SSSR count). The lowest BCUT2D eigenvalue weighted by atomic mass is 10.0. The van der Waals surface area contributed by atoms with Gasteiger partial charge in [0.15, 0.2) is 0 Å². The molecule has 36 heavy (non-hydrogen) atoms. The molecule has 0 radical (unpaired) electrons. The summed E-state index contributed by atoms with van der Waals surface area (Å²) in [7, 11) is -3.57. The Balaban J connectivity index is 2.23. The Morgan fingerprint density at radius 2 is 1.72 bits per heavy atom. The number of nitrogens with zero attached hydrogens (tertiary/aromatic N) is 2. The summed E-state index contributed by atoms with van der Waals surface area (Å²) in [6.45, 7) is 9.99. The van der Waals surface area contributed by atoms with Gasteiger partial charge in [-0.3, -0.25) is 13.9 Å². The van der Waals surface area contributed by atoms with E-state index in [9.17, 15) is 18.0 Å². The minimum atomic E-state index is -3.57. The maximum Gasteiger partial charge on any atom is 0.243 e. The highest BCUT2D eigenvalue weighted by Gasteiger charge is 2.30. The second-order valence-corrected chi connectivity index (χ2v) is 12.4. The van der Waals surface area contributed by atoms with Crippen molar-refractivity contribution in [3.05, 3.63) is 64.7 Å². The van der Waals surface area contributed by atoms with Crippen molar-refractivity contribution >= 4 is 39.1 Å². The Hall–Kier alpha value is -2.58. The fourth-order valence-corrected chi connectivity index (χ4v) is 5.04. The molecule has 1 N–H and O–H groups in total. The van der Waals surface area contributed by atoms with Crippen molar-refractivity contribution in [2.75, 3.05) is 17.1 Å². The molecule has 0 saturated carbocycles. The van der Waals surface area contributed by atoms with Crippen LogP contribution in [0.3, 0.4) is 0 Å². The van der Waals surface area contributed by atoms with Crippen molar-refractivity contribution in [2.45, 2.75) is 72.0 Å². The number of benzene rings is 2. The number of aryl methyl sites for hydroxylation is 1. The maximum atomic E-state index is 13.5. The molecule has 0 bridgehead atoms. The summed E-state index contributed by atoms with van der Waals surface area (Å²) in [6.07, 6.45) is 1.97. The highest BCUT2D eigenvalue weighted by molar-refractivity contribution is 7.92. The molecule has 0 fully saturated rings. The van der Waals surface area contributed by atoms with Gasteiger partial charge in [-0.05, 0) is 64.3 Å². The zero-order valence-electron chi connectivity index (χ0n) is 22.0. The zero-order chi connectivity index (χ0) is 27.1. The van der Waals surface area contributed by atoms with Crippen LogP contribution in [0.1, 0.15) is 58.1 Å². The largest absolute Gasteiger partial charge is 0.350 e. The monoisotopic (exact) mass is 535 g/mol. The first-order valence-corrected chi connectivity index (χ1v) is 14.3. The van der Waals surface area contributed by atoms with Gasteiger partial charge in [-0.15, -0.1) is 0 Å². The Bertz CT molecular complexity index is 1140. The zero-order valence-corrected chi connectivity index (χ0v) is 23.6. The van der Waals surface area contributed by atoms with E-state index in [1.54, 1.807) is 29.2 Å². The van der Waals surface area contributed by atoms with E-state index in [1.807, 2.05) is 58.9 Å². The molecular weight excluding hydrogens is 498 g/mol. The fourth-order valence-electron chi connectivity index (χ4n) is 3.90. The molecule has 0 aliphatic rings. The lowest BCUT2D eigenvalue weighted by Crippen LogP contribution is -2.53. The summed E-state index contributed by atoms with van der Waals surface area (Å²) in [5, 5.41) is 3.42. The topological polar surface area (TPSA) is 86.8 Å². The van der Waals surface area contributed by atoms with Crippen LogP contribution in [-0.4, -0.2) is 49.5 Å². The summed E-state index contributed by atoms with van der Waals surface area (Å²) in [6, 6.07) is 13.8. The van der Waals surface area contributed by atoms with Gasteiger partial charge in [-0.25, -0.2) is 8.42 Å². The van der Waals surface area contributed by atoms with E-state index in [1.165, 1.54) is 4.31 Å². The number of carbonyl (C=O) groups excluding carboxylic acids is 2. The van der Waals surface area contributed by atoms with Gasteiger partial charge in [0.2, 0.25) is 21.8 Å². The van der Waals surface area contributed by atoms with Gasteiger partial charge >= 0.3 is 0 Å². The Labute approximate surface area is 220 Å². The van der Waals surface area contributed by atoms with Crippen molar-refractivity contribution in [1.82, 2.24) is 10.2 Å². The highest BCUT2D eigenvalue weighted by atomic mass is 35.5. The Morgan fingerprint density at radius 1 is 1.08 bits per heavy atom. The number of hydrogen-bond acceptors (Lipinski definition) is 4. The third kappa shape index (κ3) is 9.13. The Kier molecular flexibility index (Phi) is 10.4. The molecule has 0 unspecified atom stereocenters. The van der Waals surface area contributed by atoms with Crippen LogP contribution < -0.4 is 9.62 Å². The molecule has 0 spiro atoms. The van der Waals surface area contributed by atoms with Gasteiger partial charge in [0.25, 0.3) is 0 Å². The van der Waals surface area contributed by atoms with Crippen molar-refractivity contribution in [3.63, 3.8) is 0 Å². The van der Waals surface area contributed by atoms with Gasteiger partial charge in [0.05, 0.1) is 11.9 Å². The normalized spacial score (nSPS) is 12.6. The first-order valence-electron chi connectivity index (χ1n) is 12.1. The van der Waals surface area contributed by atoms with Gasteiger partial charge in [-0.1, -0.05) is 54.4 Å². The number of carbonyl (C=O) groups is 2. The molecule has 2 aromatic rings. The summed E-state index contributed by atoms with van der Waals surface area (Å²) in [5.41, 5.74) is 2.05. The van der Waals surface area contributed by atoms with Crippen LogP contribution in [0.4, 0.5) is 5.69 Å². The molecule has 9 heteroatoms. The Morgan fingerprint density at radius 3 is 2.25 bits per heavy atom. The van der Waals surface area contributed by atoms with E-state index in [2.05, 4.69) is 5.32 Å². The molecule has 2 amide bonds. The van der Waals surface area contributed by atoms with Crippen LogP contribution in [0.15, 0.2) is 48.5 Å². The first kappa shape index (κ1) is 29.6. The van der Waals surface area contributed by atoms with Crippen molar-refractivity contribution in [3.8, 4) is 0 Å². The van der Waals surface area contributed by atoms with Gasteiger partial charge < -0.3 is 10.2 Å². The molecule has 7 nitrogen and oxygen atoms in total. The molecular formula is C27H38ClN3O4S. The van der Waals surface area contributed by atoms with Crippen molar-refractivity contribution in [1.29, 1.82) is 0 Å². The predicted octanol–water partition coefficient (Wildman–Crippen LogP) is 4.92. The van der Waals surface area contributed by atoms with Crippen LogP contribution in [0.2, 0.25) is 5.02 Å². The van der Waals surface area contributed by atoms with Crippen LogP contribution in [0.5, 0.6) is 0 Å². The number of amides is 2. The van der Waals surface area contributed by atoms with Gasteiger partial charge in [0, 0.05) is 30.1 Å². The fraction of sp³-hybridized carbons (Fsp3) is 0.481. The number of rotatable bonds is 11. The average Bonchev–Trinajstić information content (AvgIpc) is 2.75. The molecule has 1 atom stereocenters. The van der Waals surface area contributed by atoms with E-state index in [4.69, 9.17) is 11.6 Å². The second kappa shape index (κ2) is 12.6. The predicted molar refractivity (Wildman–Crippen MR) is 147 cm³/mol. The lowest BCUT2D eigenvalue weighted by Gasteiger charge is -2.33. The molecule has 0 aliphatic heterocycles. The van der Waals surface area contributed by atoms with Gasteiger partial charge in [0.1, 0.15) is 6.04 Å². The van der Waals surface area contributed by atoms with E-state index in [0.717, 1.165) is 17.4 Å². The molecule has 2 aromatic carbocycles.